The van der Waals surface area contributed by atoms with Crippen LogP contribution < -0.4 is 0 Å². The molecule has 0 saturated heterocycles. The van der Waals surface area contributed by atoms with Crippen molar-refractivity contribution < 1.29 is 60.9 Å². The predicted molar refractivity (Wildman–Crippen MR) is 166 cm³/mol. The number of aliphatic carboxylic acids is 1. The van der Waals surface area contributed by atoms with E-state index in [4.69, 9.17) is 14.2 Å². The molecule has 1 N–H and O–H groups in total. The molecule has 1 rings (SSSR count). The highest BCUT2D eigenvalue weighted by Gasteiger charge is 2.41. The van der Waals surface area contributed by atoms with Gasteiger partial charge in [-0.1, -0.05) is 26.0 Å². The summed E-state index contributed by atoms with van der Waals surface area (Å²) in [5.74, 6) is -4.61. The fourth-order valence-electron chi connectivity index (χ4n) is 4.39. The number of hydrogen-bond acceptors (Lipinski definition) is 8. The van der Waals surface area contributed by atoms with E-state index in [1.807, 2.05) is 13.8 Å². The van der Waals surface area contributed by atoms with Crippen molar-refractivity contribution >= 4 is 29.9 Å². The summed E-state index contributed by atoms with van der Waals surface area (Å²) < 4.78 is 70.5. The van der Waals surface area contributed by atoms with Gasteiger partial charge in [0.2, 0.25) is 0 Å². The van der Waals surface area contributed by atoms with Gasteiger partial charge in [-0.15, -0.1) is 0 Å². The number of likely N-dealkylation sites (N-methyl/N-ethyl adjacent to an activating group) is 2. The summed E-state index contributed by atoms with van der Waals surface area (Å²) in [7, 11) is 2.40. The quantitative estimate of drug-likeness (QED) is 0.137. The van der Waals surface area contributed by atoms with Gasteiger partial charge < -0.3 is 24.2 Å². The Bertz CT molecular complexity index is 1270. The Labute approximate surface area is 278 Å². The molecule has 272 valence electrons. The number of halogens is 4. The Hall–Kier alpha value is -3.91. The molecule has 0 aliphatic heterocycles. The fourth-order valence-corrected chi connectivity index (χ4v) is 4.39. The van der Waals surface area contributed by atoms with Gasteiger partial charge in [0, 0.05) is 26.9 Å². The van der Waals surface area contributed by atoms with E-state index in [2.05, 4.69) is 0 Å². The topological polar surface area (TPSA) is 140 Å². The highest BCUT2D eigenvalue weighted by molar-refractivity contribution is 5.90. The molecule has 0 bridgehead atoms. The van der Waals surface area contributed by atoms with Crippen LogP contribution in [0.5, 0.6) is 0 Å². The second-order valence-corrected chi connectivity index (χ2v) is 13.7. The SMILES string of the molecule is CC(C)CC[C@@H](C(=O)O[C@H](C)C(=O)O)N(C)C(=O)[C@@H](Cc1ccc(C(F)(F)F)cc1)OC(=O)[C@H](CC(C)(C)F)N(C)C(=O)OC(C)(C)C. The van der Waals surface area contributed by atoms with Crippen molar-refractivity contribution in [3.8, 4) is 0 Å². The van der Waals surface area contributed by atoms with E-state index in [1.165, 1.54) is 14.1 Å². The third kappa shape index (κ3) is 14.1. The number of carbonyl (C=O) groups excluding carboxylic acids is 4. The standard InChI is InChI=1S/C33H48F4N2O9/c1-19(2)11-16-23(28(43)46-20(3)27(41)42)38(9)26(40)25(17-21-12-14-22(15-13-21)33(35,36)37)47-29(44)24(18-32(7,8)34)39(10)30(45)48-31(4,5)6/h12-15,19-20,23-25H,11,16-18H2,1-10H3,(H,41,42)/t20-,23+,24+,25-/m1/s1. The minimum atomic E-state index is -4.64. The van der Waals surface area contributed by atoms with Gasteiger partial charge in [0.25, 0.3) is 5.91 Å². The van der Waals surface area contributed by atoms with Crippen LogP contribution in [0.1, 0.15) is 85.8 Å². The number of ether oxygens (including phenoxy) is 3. The first kappa shape index (κ1) is 42.1. The van der Waals surface area contributed by atoms with Gasteiger partial charge in [-0.05, 0) is 78.0 Å². The van der Waals surface area contributed by atoms with Gasteiger partial charge in [0.1, 0.15) is 23.4 Å². The number of benzene rings is 1. The van der Waals surface area contributed by atoms with Crippen LogP contribution >= 0.6 is 0 Å². The van der Waals surface area contributed by atoms with Gasteiger partial charge >= 0.3 is 30.2 Å². The maximum atomic E-state index is 14.9. The molecule has 15 heteroatoms. The van der Waals surface area contributed by atoms with E-state index < -0.39 is 90.1 Å². The highest BCUT2D eigenvalue weighted by atomic mass is 19.4. The molecule has 0 heterocycles. The molecule has 0 aliphatic carbocycles. The van der Waals surface area contributed by atoms with Crippen molar-refractivity contribution in [2.45, 2.75) is 123 Å². The largest absolute Gasteiger partial charge is 0.479 e. The first-order valence-corrected chi connectivity index (χ1v) is 15.4. The summed E-state index contributed by atoms with van der Waals surface area (Å²) >= 11 is 0. The maximum Gasteiger partial charge on any atom is 0.416 e. The first-order chi connectivity index (χ1) is 21.7. The number of carboxylic acid groups (broad SMARTS) is 1. The van der Waals surface area contributed by atoms with E-state index in [1.54, 1.807) is 20.8 Å². The molecule has 0 aromatic heterocycles. The smallest absolute Gasteiger partial charge is 0.416 e. The minimum absolute atomic E-state index is 0.0338. The van der Waals surface area contributed by atoms with Crippen molar-refractivity contribution in [2.75, 3.05) is 14.1 Å². The number of carboxylic acids is 1. The monoisotopic (exact) mass is 692 g/mol. The van der Waals surface area contributed by atoms with Crippen LogP contribution in [0.15, 0.2) is 24.3 Å². The van der Waals surface area contributed by atoms with Crippen molar-refractivity contribution in [1.82, 2.24) is 9.80 Å². The zero-order chi connectivity index (χ0) is 37.4. The summed E-state index contributed by atoms with van der Waals surface area (Å²) in [5, 5.41) is 9.23. The Morgan fingerprint density at radius 1 is 0.792 bits per heavy atom. The number of amides is 2. The van der Waals surface area contributed by atoms with Crippen molar-refractivity contribution in [1.29, 1.82) is 0 Å². The number of hydrogen-bond donors (Lipinski definition) is 1. The fraction of sp³-hybridized carbons (Fsp3) is 0.667. The van der Waals surface area contributed by atoms with Crippen LogP contribution in [0.4, 0.5) is 22.4 Å². The average molecular weight is 693 g/mol. The lowest BCUT2D eigenvalue weighted by molar-refractivity contribution is -0.172. The summed E-state index contributed by atoms with van der Waals surface area (Å²) in [6, 6.07) is 0.800. The first-order valence-electron chi connectivity index (χ1n) is 15.4. The molecular formula is C33H48F4N2O9. The lowest BCUT2D eigenvalue weighted by atomic mass is 9.99. The van der Waals surface area contributed by atoms with Crippen molar-refractivity contribution in [2.24, 2.45) is 5.92 Å². The van der Waals surface area contributed by atoms with Crippen LogP contribution in [-0.4, -0.2) is 94.5 Å². The molecule has 4 atom stereocenters. The predicted octanol–water partition coefficient (Wildman–Crippen LogP) is 5.81. The summed E-state index contributed by atoms with van der Waals surface area (Å²) in [4.78, 5) is 66.7. The molecule has 0 aliphatic rings. The molecule has 0 spiro atoms. The average Bonchev–Trinajstić information content (AvgIpc) is 2.92. The zero-order valence-corrected chi connectivity index (χ0v) is 29.1. The normalized spacial score (nSPS) is 14.7. The summed E-state index contributed by atoms with van der Waals surface area (Å²) in [5.41, 5.74) is -3.81. The third-order valence-electron chi connectivity index (χ3n) is 7.08. The van der Waals surface area contributed by atoms with E-state index >= 15 is 0 Å². The van der Waals surface area contributed by atoms with Gasteiger partial charge in [0.05, 0.1) is 5.56 Å². The summed E-state index contributed by atoms with van der Waals surface area (Å²) in [6.07, 6.45) is -9.56. The zero-order valence-electron chi connectivity index (χ0n) is 29.1. The van der Waals surface area contributed by atoms with Gasteiger partial charge in [-0.2, -0.15) is 13.2 Å². The van der Waals surface area contributed by atoms with Crippen molar-refractivity contribution in [3.63, 3.8) is 0 Å². The highest BCUT2D eigenvalue weighted by Crippen LogP contribution is 2.30. The molecule has 11 nitrogen and oxygen atoms in total. The van der Waals surface area contributed by atoms with Gasteiger partial charge in [-0.3, -0.25) is 9.69 Å². The van der Waals surface area contributed by atoms with Crippen molar-refractivity contribution in [3.05, 3.63) is 35.4 Å². The Balaban J connectivity index is 3.61. The molecule has 48 heavy (non-hydrogen) atoms. The summed E-state index contributed by atoms with van der Waals surface area (Å²) in [6.45, 7) is 11.9. The molecule has 2 amide bonds. The molecular weight excluding hydrogens is 644 g/mol. The van der Waals surface area contributed by atoms with Crippen LogP contribution in [-0.2, 0) is 46.0 Å². The molecule has 1 aromatic carbocycles. The number of carbonyl (C=O) groups is 5. The lowest BCUT2D eigenvalue weighted by Gasteiger charge is -2.34. The second kappa shape index (κ2) is 17.0. The molecule has 1 aromatic rings. The lowest BCUT2D eigenvalue weighted by Crippen LogP contribution is -2.52. The van der Waals surface area contributed by atoms with E-state index in [-0.39, 0.29) is 17.9 Å². The van der Waals surface area contributed by atoms with Crippen LogP contribution in [0.25, 0.3) is 0 Å². The van der Waals surface area contributed by atoms with Crippen LogP contribution in [0, 0.1) is 5.92 Å². The molecule has 0 fully saturated rings. The number of nitrogens with zero attached hydrogens (tertiary/aromatic N) is 2. The maximum absolute atomic E-state index is 14.9. The van der Waals surface area contributed by atoms with E-state index in [0.717, 1.165) is 54.8 Å². The number of alkyl halides is 4. The van der Waals surface area contributed by atoms with E-state index in [9.17, 15) is 46.6 Å². The van der Waals surface area contributed by atoms with Crippen LogP contribution in [0.3, 0.4) is 0 Å². The molecule has 0 saturated carbocycles. The molecule has 0 unspecified atom stereocenters. The number of esters is 2. The third-order valence-corrected chi connectivity index (χ3v) is 7.08. The van der Waals surface area contributed by atoms with Gasteiger partial charge in [0.15, 0.2) is 12.2 Å². The second-order valence-electron chi connectivity index (χ2n) is 13.7. The van der Waals surface area contributed by atoms with Crippen LogP contribution in [0.2, 0.25) is 0 Å². The minimum Gasteiger partial charge on any atom is -0.479 e. The van der Waals surface area contributed by atoms with Gasteiger partial charge in [-0.25, -0.2) is 23.6 Å². The van der Waals surface area contributed by atoms with E-state index in [0.29, 0.717) is 6.42 Å². The Morgan fingerprint density at radius 2 is 1.31 bits per heavy atom. The number of rotatable bonds is 15. The molecule has 0 radical (unpaired) electrons. The Morgan fingerprint density at radius 3 is 1.75 bits per heavy atom. The Kier molecular flexibility index (Phi) is 14.9.